The van der Waals surface area contributed by atoms with Crippen LogP contribution in [0.15, 0.2) is 50.6 Å². The van der Waals surface area contributed by atoms with E-state index in [9.17, 15) is 8.78 Å². The summed E-state index contributed by atoms with van der Waals surface area (Å²) in [6.45, 7) is 0. The molecule has 9 heteroatoms. The average molecular weight is 348 g/mol. The highest BCUT2D eigenvalue weighted by atomic mass is 32.2. The standard InChI is InChI=1S/C14H6F2N4OS2/c15-8-4-7-10(5-9(8)16)17-6-18-13(7)23-14-20-19-12(21-14)11-2-1-3-22-11/h1-6H. The second kappa shape index (κ2) is 5.67. The van der Waals surface area contributed by atoms with Gasteiger partial charge in [0.05, 0.1) is 10.4 Å². The Hall–Kier alpha value is -2.39. The minimum atomic E-state index is -0.959. The average Bonchev–Trinajstić information content (AvgIpc) is 3.20. The summed E-state index contributed by atoms with van der Waals surface area (Å²) in [5.74, 6) is -1.51. The minimum Gasteiger partial charge on any atom is -0.410 e. The topological polar surface area (TPSA) is 64.7 Å². The second-order valence-electron chi connectivity index (χ2n) is 4.41. The van der Waals surface area contributed by atoms with E-state index in [1.807, 2.05) is 17.5 Å². The highest BCUT2D eigenvalue weighted by Crippen LogP contribution is 2.33. The van der Waals surface area contributed by atoms with Crippen molar-refractivity contribution in [3.8, 4) is 10.8 Å². The SMILES string of the molecule is Fc1cc2ncnc(Sc3nnc(-c4cccs4)o3)c2cc1F. The molecule has 0 fully saturated rings. The van der Waals surface area contributed by atoms with Crippen LogP contribution in [0.1, 0.15) is 0 Å². The first-order chi connectivity index (χ1) is 11.2. The van der Waals surface area contributed by atoms with Crippen LogP contribution in [0.5, 0.6) is 0 Å². The molecule has 0 bridgehead atoms. The lowest BCUT2D eigenvalue weighted by Crippen LogP contribution is -1.91. The largest absolute Gasteiger partial charge is 0.410 e. The third kappa shape index (κ3) is 2.68. The normalized spacial score (nSPS) is 11.2. The molecule has 0 amide bonds. The van der Waals surface area contributed by atoms with E-state index < -0.39 is 11.6 Å². The second-order valence-corrected chi connectivity index (χ2v) is 6.30. The molecule has 3 aromatic heterocycles. The van der Waals surface area contributed by atoms with Crippen molar-refractivity contribution < 1.29 is 13.2 Å². The minimum absolute atomic E-state index is 0.262. The lowest BCUT2D eigenvalue weighted by molar-refractivity contribution is 0.466. The van der Waals surface area contributed by atoms with Gasteiger partial charge in [-0.3, -0.25) is 0 Å². The molecular formula is C14H6F2N4OS2. The van der Waals surface area contributed by atoms with Gasteiger partial charge in [-0.15, -0.1) is 21.5 Å². The maximum Gasteiger partial charge on any atom is 0.283 e. The van der Waals surface area contributed by atoms with Crippen molar-refractivity contribution in [2.24, 2.45) is 0 Å². The molecule has 0 spiro atoms. The number of halogens is 2. The van der Waals surface area contributed by atoms with Crippen molar-refractivity contribution >= 4 is 34.0 Å². The van der Waals surface area contributed by atoms with Crippen LogP contribution in [-0.2, 0) is 0 Å². The van der Waals surface area contributed by atoms with Crippen molar-refractivity contribution in [2.75, 3.05) is 0 Å². The van der Waals surface area contributed by atoms with Crippen molar-refractivity contribution in [1.82, 2.24) is 20.2 Å². The molecule has 0 atom stereocenters. The van der Waals surface area contributed by atoms with Crippen molar-refractivity contribution in [3.05, 3.63) is 47.6 Å². The molecule has 0 radical (unpaired) electrons. The van der Waals surface area contributed by atoms with Gasteiger partial charge in [-0.05, 0) is 29.3 Å². The number of nitrogens with zero attached hydrogens (tertiary/aromatic N) is 4. The third-order valence-corrected chi connectivity index (χ3v) is 4.68. The molecule has 0 saturated heterocycles. The molecule has 1 aromatic carbocycles. The Balaban J connectivity index is 1.72. The number of hydrogen-bond donors (Lipinski definition) is 0. The molecule has 3 heterocycles. The number of fused-ring (bicyclic) bond motifs is 1. The number of hydrogen-bond acceptors (Lipinski definition) is 7. The zero-order valence-corrected chi connectivity index (χ0v) is 12.9. The molecule has 114 valence electrons. The Morgan fingerprint density at radius 1 is 1.09 bits per heavy atom. The number of benzene rings is 1. The van der Waals surface area contributed by atoms with Crippen LogP contribution in [0, 0.1) is 11.6 Å². The van der Waals surface area contributed by atoms with Crippen molar-refractivity contribution in [3.63, 3.8) is 0 Å². The zero-order valence-electron chi connectivity index (χ0n) is 11.2. The van der Waals surface area contributed by atoms with E-state index >= 15 is 0 Å². The van der Waals surface area contributed by atoms with Crippen LogP contribution < -0.4 is 0 Å². The fraction of sp³-hybridized carbons (Fsp3) is 0. The maximum absolute atomic E-state index is 13.5. The molecule has 4 aromatic rings. The van der Waals surface area contributed by atoms with E-state index in [1.165, 1.54) is 17.7 Å². The monoisotopic (exact) mass is 348 g/mol. The summed E-state index contributed by atoms with van der Waals surface area (Å²) in [5.41, 5.74) is 0.305. The number of aromatic nitrogens is 4. The number of rotatable bonds is 3. The first-order valence-electron chi connectivity index (χ1n) is 6.36. The summed E-state index contributed by atoms with van der Waals surface area (Å²) < 4.78 is 32.3. The fourth-order valence-corrected chi connectivity index (χ4v) is 3.33. The molecule has 0 aliphatic carbocycles. The van der Waals surface area contributed by atoms with Gasteiger partial charge in [0.1, 0.15) is 11.4 Å². The van der Waals surface area contributed by atoms with Crippen LogP contribution in [0.2, 0.25) is 0 Å². The molecular weight excluding hydrogens is 342 g/mol. The van der Waals surface area contributed by atoms with Gasteiger partial charge in [-0.1, -0.05) is 6.07 Å². The van der Waals surface area contributed by atoms with E-state index in [1.54, 1.807) is 0 Å². The van der Waals surface area contributed by atoms with Crippen LogP contribution in [0.3, 0.4) is 0 Å². The smallest absolute Gasteiger partial charge is 0.283 e. The molecule has 0 unspecified atom stereocenters. The highest BCUT2D eigenvalue weighted by molar-refractivity contribution is 7.99. The zero-order chi connectivity index (χ0) is 15.8. The van der Waals surface area contributed by atoms with Gasteiger partial charge >= 0.3 is 0 Å². The Kier molecular flexibility index (Phi) is 3.50. The molecule has 0 aliphatic heterocycles. The van der Waals surface area contributed by atoms with Gasteiger partial charge in [-0.2, -0.15) is 0 Å². The van der Waals surface area contributed by atoms with Crippen molar-refractivity contribution in [2.45, 2.75) is 10.2 Å². The van der Waals surface area contributed by atoms with E-state index in [2.05, 4.69) is 20.2 Å². The van der Waals surface area contributed by atoms with Crippen LogP contribution >= 0.6 is 23.1 Å². The van der Waals surface area contributed by atoms with E-state index in [-0.39, 0.29) is 5.22 Å². The van der Waals surface area contributed by atoms with Gasteiger partial charge in [0.15, 0.2) is 11.6 Å². The highest BCUT2D eigenvalue weighted by Gasteiger charge is 2.15. The summed E-state index contributed by atoms with van der Waals surface area (Å²) in [4.78, 5) is 8.87. The number of thiophene rings is 1. The van der Waals surface area contributed by atoms with Gasteiger partial charge in [0.25, 0.3) is 11.1 Å². The molecule has 4 rings (SSSR count). The predicted molar refractivity (Wildman–Crippen MR) is 81.2 cm³/mol. The maximum atomic E-state index is 13.5. The summed E-state index contributed by atoms with van der Waals surface area (Å²) in [7, 11) is 0. The lowest BCUT2D eigenvalue weighted by atomic mass is 10.2. The summed E-state index contributed by atoms with van der Waals surface area (Å²) in [6.07, 6.45) is 1.28. The Morgan fingerprint density at radius 3 is 2.78 bits per heavy atom. The first-order valence-corrected chi connectivity index (χ1v) is 8.05. The third-order valence-electron chi connectivity index (χ3n) is 2.96. The molecule has 0 N–H and O–H groups in total. The van der Waals surface area contributed by atoms with Gasteiger partial charge in [0, 0.05) is 11.5 Å². The summed E-state index contributed by atoms with van der Waals surface area (Å²) in [5, 5.41) is 10.9. The van der Waals surface area contributed by atoms with E-state index in [0.29, 0.717) is 21.8 Å². The van der Waals surface area contributed by atoms with Gasteiger partial charge < -0.3 is 4.42 Å². The van der Waals surface area contributed by atoms with Crippen molar-refractivity contribution in [1.29, 1.82) is 0 Å². The van der Waals surface area contributed by atoms with Gasteiger partial charge in [-0.25, -0.2) is 18.7 Å². The van der Waals surface area contributed by atoms with Gasteiger partial charge in [0.2, 0.25) is 0 Å². The van der Waals surface area contributed by atoms with Crippen LogP contribution in [0.4, 0.5) is 8.78 Å². The van der Waals surface area contributed by atoms with Crippen LogP contribution in [0.25, 0.3) is 21.7 Å². The molecule has 23 heavy (non-hydrogen) atoms. The fourth-order valence-electron chi connectivity index (χ4n) is 1.94. The summed E-state index contributed by atoms with van der Waals surface area (Å²) in [6, 6.07) is 5.84. The molecule has 0 aliphatic rings. The van der Waals surface area contributed by atoms with E-state index in [4.69, 9.17) is 4.42 Å². The Morgan fingerprint density at radius 2 is 1.96 bits per heavy atom. The summed E-state index contributed by atoms with van der Waals surface area (Å²) >= 11 is 2.55. The quantitative estimate of drug-likeness (QED) is 0.518. The first kappa shape index (κ1) is 14.2. The Labute approximate surface area is 136 Å². The lowest BCUT2D eigenvalue weighted by Gasteiger charge is -2.02. The molecule has 5 nitrogen and oxygen atoms in total. The predicted octanol–water partition coefficient (Wildman–Crippen LogP) is 4.17. The molecule has 0 saturated carbocycles. The van der Waals surface area contributed by atoms with Crippen LogP contribution in [-0.4, -0.2) is 20.2 Å². The Bertz CT molecular complexity index is 988. The van der Waals surface area contributed by atoms with E-state index in [0.717, 1.165) is 28.8 Å².